The normalized spacial score (nSPS) is 16.0. The van der Waals surface area contributed by atoms with Gasteiger partial charge in [0.15, 0.2) is 5.65 Å². The lowest BCUT2D eigenvalue weighted by Crippen LogP contribution is -2.36. The van der Waals surface area contributed by atoms with Crippen LogP contribution in [0.15, 0.2) is 36.5 Å². The SMILES string of the molecule is FC(F)(F)c1ccc(Nc2nc3ccnc(CN4CCOCC4)n3n2)cc1. The van der Waals surface area contributed by atoms with E-state index in [9.17, 15) is 13.2 Å². The summed E-state index contributed by atoms with van der Waals surface area (Å²) in [6.07, 6.45) is -2.69. The van der Waals surface area contributed by atoms with E-state index in [0.717, 1.165) is 31.0 Å². The minimum Gasteiger partial charge on any atom is -0.379 e. The zero-order valence-electron chi connectivity index (χ0n) is 14.3. The van der Waals surface area contributed by atoms with Crippen LogP contribution in [0.2, 0.25) is 0 Å². The number of benzene rings is 1. The number of hydrogen-bond acceptors (Lipinski definition) is 6. The molecule has 0 bridgehead atoms. The van der Waals surface area contributed by atoms with Gasteiger partial charge in [-0.15, -0.1) is 5.10 Å². The molecule has 3 heterocycles. The van der Waals surface area contributed by atoms with Crippen molar-refractivity contribution in [3.63, 3.8) is 0 Å². The largest absolute Gasteiger partial charge is 0.416 e. The second-order valence-electron chi connectivity index (χ2n) is 6.16. The molecule has 0 aliphatic carbocycles. The monoisotopic (exact) mass is 378 g/mol. The number of fused-ring (bicyclic) bond motifs is 1. The molecule has 142 valence electrons. The van der Waals surface area contributed by atoms with E-state index in [1.807, 2.05) is 0 Å². The van der Waals surface area contributed by atoms with E-state index in [4.69, 9.17) is 4.74 Å². The van der Waals surface area contributed by atoms with Crippen molar-refractivity contribution in [2.45, 2.75) is 12.7 Å². The van der Waals surface area contributed by atoms with E-state index in [1.165, 1.54) is 12.1 Å². The summed E-state index contributed by atoms with van der Waals surface area (Å²) in [5.41, 5.74) is 0.386. The lowest BCUT2D eigenvalue weighted by atomic mass is 10.2. The van der Waals surface area contributed by atoms with Gasteiger partial charge in [0.05, 0.1) is 25.3 Å². The third-order valence-corrected chi connectivity index (χ3v) is 4.26. The number of halogens is 3. The molecule has 1 aromatic carbocycles. The average molecular weight is 378 g/mol. The predicted molar refractivity (Wildman–Crippen MR) is 91.6 cm³/mol. The topological polar surface area (TPSA) is 67.6 Å². The first-order valence-corrected chi connectivity index (χ1v) is 8.44. The molecule has 2 aromatic heterocycles. The van der Waals surface area contributed by atoms with Crippen LogP contribution < -0.4 is 5.32 Å². The summed E-state index contributed by atoms with van der Waals surface area (Å²) >= 11 is 0. The minimum atomic E-state index is -4.36. The molecule has 4 rings (SSSR count). The molecule has 1 fully saturated rings. The van der Waals surface area contributed by atoms with Crippen molar-refractivity contribution in [3.05, 3.63) is 47.9 Å². The zero-order chi connectivity index (χ0) is 18.9. The Morgan fingerprint density at radius 3 is 2.52 bits per heavy atom. The highest BCUT2D eigenvalue weighted by molar-refractivity contribution is 5.56. The Hall–Kier alpha value is -2.72. The number of rotatable bonds is 4. The Morgan fingerprint density at radius 2 is 1.81 bits per heavy atom. The van der Waals surface area contributed by atoms with Gasteiger partial charge in [-0.2, -0.15) is 22.7 Å². The van der Waals surface area contributed by atoms with Crippen LogP contribution in [0.4, 0.5) is 24.8 Å². The second kappa shape index (κ2) is 7.12. The van der Waals surface area contributed by atoms with Crippen LogP contribution in [-0.4, -0.2) is 50.8 Å². The molecule has 1 aliphatic heterocycles. The minimum absolute atomic E-state index is 0.297. The van der Waals surface area contributed by atoms with Crippen molar-refractivity contribution in [3.8, 4) is 0 Å². The van der Waals surface area contributed by atoms with Gasteiger partial charge in [-0.1, -0.05) is 0 Å². The summed E-state index contributed by atoms with van der Waals surface area (Å²) in [5.74, 6) is 1.04. The number of anilines is 2. The molecule has 1 saturated heterocycles. The quantitative estimate of drug-likeness (QED) is 0.753. The summed E-state index contributed by atoms with van der Waals surface area (Å²) < 4.78 is 45.0. The van der Waals surface area contributed by atoms with E-state index in [-0.39, 0.29) is 0 Å². The maximum atomic E-state index is 12.7. The van der Waals surface area contributed by atoms with Gasteiger partial charge in [0.1, 0.15) is 5.82 Å². The van der Waals surface area contributed by atoms with Gasteiger partial charge in [-0.3, -0.25) is 4.90 Å². The van der Waals surface area contributed by atoms with Gasteiger partial charge in [-0.05, 0) is 24.3 Å². The molecule has 0 atom stereocenters. The molecule has 27 heavy (non-hydrogen) atoms. The van der Waals surface area contributed by atoms with Crippen molar-refractivity contribution in [2.75, 3.05) is 31.6 Å². The van der Waals surface area contributed by atoms with E-state index >= 15 is 0 Å². The van der Waals surface area contributed by atoms with Crippen molar-refractivity contribution in [1.29, 1.82) is 0 Å². The van der Waals surface area contributed by atoms with E-state index in [2.05, 4.69) is 25.3 Å². The fourth-order valence-corrected chi connectivity index (χ4v) is 2.86. The predicted octanol–water partition coefficient (Wildman–Crippen LogP) is 2.72. The maximum absolute atomic E-state index is 12.7. The first-order chi connectivity index (χ1) is 13.0. The smallest absolute Gasteiger partial charge is 0.379 e. The van der Waals surface area contributed by atoms with E-state index in [0.29, 0.717) is 37.0 Å². The Bertz CT molecular complexity index is 919. The van der Waals surface area contributed by atoms with Crippen molar-refractivity contribution < 1.29 is 17.9 Å². The first kappa shape index (κ1) is 17.7. The molecule has 10 heteroatoms. The highest BCUT2D eigenvalue weighted by Crippen LogP contribution is 2.30. The fourth-order valence-electron chi connectivity index (χ4n) is 2.86. The van der Waals surface area contributed by atoms with Gasteiger partial charge in [0.25, 0.3) is 0 Å². The number of aromatic nitrogens is 4. The molecule has 1 N–H and O–H groups in total. The van der Waals surface area contributed by atoms with Crippen LogP contribution in [0, 0.1) is 0 Å². The summed E-state index contributed by atoms with van der Waals surface area (Å²) in [4.78, 5) is 11.0. The fraction of sp³-hybridized carbons (Fsp3) is 0.353. The molecule has 0 spiro atoms. The number of nitrogens with zero attached hydrogens (tertiary/aromatic N) is 5. The first-order valence-electron chi connectivity index (χ1n) is 8.44. The van der Waals surface area contributed by atoms with Gasteiger partial charge in [0, 0.05) is 31.0 Å². The van der Waals surface area contributed by atoms with Gasteiger partial charge < -0.3 is 10.1 Å². The van der Waals surface area contributed by atoms with E-state index < -0.39 is 11.7 Å². The van der Waals surface area contributed by atoms with Crippen LogP contribution in [0.3, 0.4) is 0 Å². The van der Waals surface area contributed by atoms with Crippen LogP contribution in [-0.2, 0) is 17.5 Å². The van der Waals surface area contributed by atoms with Crippen molar-refractivity contribution in [2.24, 2.45) is 0 Å². The van der Waals surface area contributed by atoms with Crippen molar-refractivity contribution in [1.82, 2.24) is 24.5 Å². The highest BCUT2D eigenvalue weighted by atomic mass is 19.4. The third kappa shape index (κ3) is 4.01. The second-order valence-corrected chi connectivity index (χ2v) is 6.16. The van der Waals surface area contributed by atoms with E-state index in [1.54, 1.807) is 16.8 Å². The molecule has 7 nitrogen and oxygen atoms in total. The molecule has 1 aliphatic rings. The van der Waals surface area contributed by atoms with Crippen LogP contribution in [0.5, 0.6) is 0 Å². The molecule has 0 radical (unpaired) electrons. The third-order valence-electron chi connectivity index (χ3n) is 4.26. The lowest BCUT2D eigenvalue weighted by molar-refractivity contribution is -0.137. The van der Waals surface area contributed by atoms with Crippen molar-refractivity contribution >= 4 is 17.3 Å². The van der Waals surface area contributed by atoms with Crippen LogP contribution >= 0.6 is 0 Å². The number of ether oxygens (including phenoxy) is 1. The molecule has 0 saturated carbocycles. The summed E-state index contributed by atoms with van der Waals surface area (Å²) in [6.45, 7) is 3.64. The lowest BCUT2D eigenvalue weighted by Gasteiger charge is -2.25. The average Bonchev–Trinajstić information content (AvgIpc) is 3.06. The highest BCUT2D eigenvalue weighted by Gasteiger charge is 2.30. The molecule has 0 amide bonds. The summed E-state index contributed by atoms with van der Waals surface area (Å²) in [5, 5.41) is 7.33. The molecule has 0 unspecified atom stereocenters. The Balaban J connectivity index is 1.53. The Labute approximate surface area is 152 Å². The summed E-state index contributed by atoms with van der Waals surface area (Å²) in [7, 11) is 0. The van der Waals surface area contributed by atoms with Gasteiger partial charge in [-0.25, -0.2) is 4.98 Å². The number of alkyl halides is 3. The van der Waals surface area contributed by atoms with Gasteiger partial charge in [0.2, 0.25) is 5.95 Å². The molecule has 3 aromatic rings. The zero-order valence-corrected chi connectivity index (χ0v) is 14.3. The standard InChI is InChI=1S/C17H17F3N6O/c18-17(19,20)12-1-3-13(4-2-12)22-16-23-14-5-6-21-15(26(14)24-16)11-25-7-9-27-10-8-25/h1-6H,7-11H2,(H,22,24). The Kier molecular flexibility index (Phi) is 4.66. The van der Waals surface area contributed by atoms with Gasteiger partial charge >= 0.3 is 6.18 Å². The molecular formula is C17H17F3N6O. The van der Waals surface area contributed by atoms with Crippen LogP contribution in [0.25, 0.3) is 5.65 Å². The summed E-state index contributed by atoms with van der Waals surface area (Å²) in [6, 6.07) is 6.46. The number of hydrogen-bond donors (Lipinski definition) is 1. The number of nitrogens with one attached hydrogen (secondary N) is 1. The Morgan fingerprint density at radius 1 is 1.07 bits per heavy atom. The number of morpholine rings is 1. The van der Waals surface area contributed by atoms with Crippen LogP contribution in [0.1, 0.15) is 11.4 Å². The molecular weight excluding hydrogens is 361 g/mol. The maximum Gasteiger partial charge on any atom is 0.416 e.